The van der Waals surface area contributed by atoms with E-state index in [0.29, 0.717) is 27.7 Å². The number of aryl methyl sites for hydroxylation is 2. The largest absolute Gasteiger partial charge is 0.465 e. The monoisotopic (exact) mass is 336 g/mol. The highest BCUT2D eigenvalue weighted by atomic mass is 32.2. The number of hydrogen-bond donors (Lipinski definition) is 1. The molecule has 0 amide bonds. The van der Waals surface area contributed by atoms with Crippen molar-refractivity contribution in [3.05, 3.63) is 28.3 Å². The lowest BCUT2D eigenvalue weighted by Crippen LogP contribution is -2.16. The van der Waals surface area contributed by atoms with E-state index < -0.39 is 5.97 Å². The fraction of sp³-hybridized carbons (Fsp3) is 0.467. The molecule has 23 heavy (non-hydrogen) atoms. The highest BCUT2D eigenvalue weighted by Crippen LogP contribution is 2.27. The van der Waals surface area contributed by atoms with Crippen molar-refractivity contribution >= 4 is 23.5 Å². The van der Waals surface area contributed by atoms with Gasteiger partial charge in [-0.05, 0) is 33.3 Å². The fourth-order valence-corrected chi connectivity index (χ4v) is 3.23. The third-order valence-corrected chi connectivity index (χ3v) is 4.91. The van der Waals surface area contributed by atoms with E-state index in [1.165, 1.54) is 18.9 Å². The van der Waals surface area contributed by atoms with Gasteiger partial charge in [0.15, 0.2) is 10.9 Å². The molecule has 0 saturated carbocycles. The molecule has 7 nitrogen and oxygen atoms in total. The van der Waals surface area contributed by atoms with Crippen molar-refractivity contribution < 1.29 is 14.3 Å². The first-order chi connectivity index (χ1) is 10.8. The van der Waals surface area contributed by atoms with E-state index in [2.05, 4.69) is 15.2 Å². The van der Waals surface area contributed by atoms with E-state index in [-0.39, 0.29) is 11.0 Å². The Hall–Kier alpha value is -2.09. The van der Waals surface area contributed by atoms with Crippen LogP contribution in [-0.2, 0) is 11.8 Å². The third kappa shape index (κ3) is 3.17. The fourth-order valence-electron chi connectivity index (χ4n) is 2.31. The lowest BCUT2D eigenvalue weighted by atomic mass is 10.1. The van der Waals surface area contributed by atoms with E-state index >= 15 is 0 Å². The second-order valence-electron chi connectivity index (χ2n) is 5.33. The number of nitrogens with one attached hydrogen (secondary N) is 1. The zero-order valence-electron chi connectivity index (χ0n) is 14.1. The number of hydrogen-bond acceptors (Lipinski definition) is 6. The van der Waals surface area contributed by atoms with Crippen molar-refractivity contribution in [2.45, 2.75) is 38.1 Å². The second kappa shape index (κ2) is 6.57. The molecule has 1 N–H and O–H groups in total. The molecule has 0 unspecified atom stereocenters. The number of carbonyl (C=O) groups excluding carboxylic acids is 2. The van der Waals surface area contributed by atoms with Gasteiger partial charge in [-0.25, -0.2) is 4.79 Å². The lowest BCUT2D eigenvalue weighted by Gasteiger charge is -2.09. The molecule has 0 spiro atoms. The zero-order valence-corrected chi connectivity index (χ0v) is 14.9. The molecule has 0 aliphatic heterocycles. The van der Waals surface area contributed by atoms with Gasteiger partial charge in [-0.1, -0.05) is 11.8 Å². The maximum atomic E-state index is 12.7. The van der Waals surface area contributed by atoms with E-state index in [9.17, 15) is 9.59 Å². The molecule has 0 aliphatic carbocycles. The summed E-state index contributed by atoms with van der Waals surface area (Å²) in [6.45, 7) is 7.15. The molecule has 1 atom stereocenters. The average Bonchev–Trinajstić information content (AvgIpc) is 2.99. The Morgan fingerprint density at radius 3 is 2.43 bits per heavy atom. The summed E-state index contributed by atoms with van der Waals surface area (Å²) in [4.78, 5) is 27.5. The van der Waals surface area contributed by atoms with Crippen molar-refractivity contribution in [1.29, 1.82) is 0 Å². The van der Waals surface area contributed by atoms with Crippen LogP contribution >= 0.6 is 11.8 Å². The molecule has 0 aliphatic rings. The third-order valence-electron chi connectivity index (χ3n) is 3.78. The number of nitrogens with zero attached hydrogens (tertiary/aromatic N) is 3. The minimum Gasteiger partial charge on any atom is -0.465 e. The number of aromatic nitrogens is 4. The summed E-state index contributed by atoms with van der Waals surface area (Å²) in [7, 11) is 3.18. The SMILES string of the molecule is COC(=O)c1c(C)[nH]c(C(=O)[C@@H](C)Sc2nnc(C)n2C)c1C. The van der Waals surface area contributed by atoms with Gasteiger partial charge in [0.1, 0.15) is 5.82 Å². The molecule has 124 valence electrons. The van der Waals surface area contributed by atoms with Crippen molar-refractivity contribution in [2.24, 2.45) is 7.05 Å². The van der Waals surface area contributed by atoms with Gasteiger partial charge in [0.05, 0.1) is 23.6 Å². The van der Waals surface area contributed by atoms with E-state index in [4.69, 9.17) is 4.74 Å². The van der Waals surface area contributed by atoms with Crippen molar-refractivity contribution in [1.82, 2.24) is 19.7 Å². The van der Waals surface area contributed by atoms with Crippen molar-refractivity contribution in [3.8, 4) is 0 Å². The van der Waals surface area contributed by atoms with Gasteiger partial charge in [0.25, 0.3) is 0 Å². The van der Waals surface area contributed by atoms with Crippen LogP contribution in [0.2, 0.25) is 0 Å². The van der Waals surface area contributed by atoms with Gasteiger partial charge < -0.3 is 14.3 Å². The Kier molecular flexibility index (Phi) is 4.93. The standard InChI is InChI=1S/C15H20N4O3S/c1-7-11(14(21)22-6)8(2)16-12(7)13(20)9(3)23-15-18-17-10(4)19(15)5/h9,16H,1-6H3/t9-/m1/s1. The summed E-state index contributed by atoms with van der Waals surface area (Å²) in [6, 6.07) is 0. The molecular formula is C15H20N4O3S. The number of thioether (sulfide) groups is 1. The van der Waals surface area contributed by atoms with Gasteiger partial charge in [-0.2, -0.15) is 0 Å². The van der Waals surface area contributed by atoms with Gasteiger partial charge in [0, 0.05) is 12.7 Å². The highest BCUT2D eigenvalue weighted by Gasteiger charge is 2.26. The zero-order chi connectivity index (χ0) is 17.3. The Morgan fingerprint density at radius 2 is 1.91 bits per heavy atom. The van der Waals surface area contributed by atoms with Crippen LogP contribution in [0.15, 0.2) is 5.16 Å². The summed E-state index contributed by atoms with van der Waals surface area (Å²) >= 11 is 1.34. The van der Waals surface area contributed by atoms with Crippen LogP contribution < -0.4 is 0 Å². The summed E-state index contributed by atoms with van der Waals surface area (Å²) in [5.74, 6) is 0.248. The number of methoxy groups -OCH3 is 1. The molecule has 0 saturated heterocycles. The number of carbonyl (C=O) groups is 2. The molecule has 0 radical (unpaired) electrons. The molecule has 2 heterocycles. The number of ketones is 1. The minimum absolute atomic E-state index is 0.0913. The summed E-state index contributed by atoms with van der Waals surface area (Å²) in [5.41, 5.74) is 2.09. The van der Waals surface area contributed by atoms with Crippen LogP contribution in [0.3, 0.4) is 0 Å². The highest BCUT2D eigenvalue weighted by molar-refractivity contribution is 8.00. The topological polar surface area (TPSA) is 89.9 Å². The maximum absolute atomic E-state index is 12.7. The normalized spacial score (nSPS) is 12.3. The first kappa shape index (κ1) is 17.3. The van der Waals surface area contributed by atoms with Crippen LogP contribution in [0.4, 0.5) is 0 Å². The van der Waals surface area contributed by atoms with Crippen LogP contribution in [0.25, 0.3) is 0 Å². The number of aromatic amines is 1. The predicted molar refractivity (Wildman–Crippen MR) is 87.0 cm³/mol. The number of Topliss-reactive ketones (excluding diaryl/α,β-unsaturated/α-hetero) is 1. The van der Waals surface area contributed by atoms with Crippen molar-refractivity contribution in [2.75, 3.05) is 7.11 Å². The first-order valence-corrected chi connectivity index (χ1v) is 8.00. The molecule has 2 aromatic heterocycles. The van der Waals surface area contributed by atoms with Crippen LogP contribution in [-0.4, -0.2) is 43.9 Å². The lowest BCUT2D eigenvalue weighted by molar-refractivity contribution is 0.0599. The van der Waals surface area contributed by atoms with Gasteiger partial charge >= 0.3 is 5.97 Å². The molecule has 8 heteroatoms. The molecular weight excluding hydrogens is 316 g/mol. The Balaban J connectivity index is 2.26. The van der Waals surface area contributed by atoms with Gasteiger partial charge in [-0.15, -0.1) is 10.2 Å². The first-order valence-electron chi connectivity index (χ1n) is 7.12. The van der Waals surface area contributed by atoms with Crippen LogP contribution in [0, 0.1) is 20.8 Å². The molecule has 0 fully saturated rings. The number of H-pyrrole nitrogens is 1. The van der Waals surface area contributed by atoms with Gasteiger partial charge in [0.2, 0.25) is 0 Å². The predicted octanol–water partition coefficient (Wildman–Crippen LogP) is 2.22. The van der Waals surface area contributed by atoms with E-state index in [0.717, 1.165) is 5.82 Å². The smallest absolute Gasteiger partial charge is 0.339 e. The van der Waals surface area contributed by atoms with Gasteiger partial charge in [-0.3, -0.25) is 4.79 Å². The molecule has 0 aromatic carbocycles. The number of rotatable bonds is 5. The van der Waals surface area contributed by atoms with Crippen LogP contribution in [0.5, 0.6) is 0 Å². The molecule has 2 aromatic rings. The van der Waals surface area contributed by atoms with Crippen molar-refractivity contribution in [3.63, 3.8) is 0 Å². The minimum atomic E-state index is -0.445. The Labute approximate surface area is 138 Å². The van der Waals surface area contributed by atoms with Crippen LogP contribution in [0.1, 0.15) is 44.9 Å². The Bertz CT molecular complexity index is 763. The average molecular weight is 336 g/mol. The number of ether oxygens (including phenoxy) is 1. The second-order valence-corrected chi connectivity index (χ2v) is 6.64. The quantitative estimate of drug-likeness (QED) is 0.511. The molecule has 0 bridgehead atoms. The summed E-state index contributed by atoms with van der Waals surface area (Å²) in [5, 5.41) is 8.36. The van der Waals surface area contributed by atoms with E-state index in [1.807, 2.05) is 25.5 Å². The number of esters is 1. The molecule has 2 rings (SSSR count). The summed E-state index contributed by atoms with van der Waals surface area (Å²) < 4.78 is 6.60. The summed E-state index contributed by atoms with van der Waals surface area (Å²) in [6.07, 6.45) is 0. The van der Waals surface area contributed by atoms with E-state index in [1.54, 1.807) is 13.8 Å². The maximum Gasteiger partial charge on any atom is 0.339 e. The Morgan fingerprint density at radius 1 is 1.26 bits per heavy atom.